The lowest BCUT2D eigenvalue weighted by atomic mass is 10.0. The molecule has 47 heavy (non-hydrogen) atoms. The van der Waals surface area contributed by atoms with Gasteiger partial charge in [-0.2, -0.15) is 0 Å². The van der Waals surface area contributed by atoms with Crippen LogP contribution in [-0.2, 0) is 32.6 Å². The molecule has 0 spiro atoms. The van der Waals surface area contributed by atoms with Crippen molar-refractivity contribution < 1.29 is 27.7 Å². The highest BCUT2D eigenvalue weighted by atomic mass is 32.2. The third kappa shape index (κ3) is 8.95. The average molecular weight is 659 g/mol. The maximum atomic E-state index is 14.5. The molecule has 0 aromatic heterocycles. The largest absolute Gasteiger partial charge is 0.497 e. The lowest BCUT2D eigenvalue weighted by Gasteiger charge is -2.34. The Morgan fingerprint density at radius 3 is 2.11 bits per heavy atom. The summed E-state index contributed by atoms with van der Waals surface area (Å²) in [4.78, 5) is 40.5. The highest BCUT2D eigenvalue weighted by molar-refractivity contribution is 7.92. The van der Waals surface area contributed by atoms with Crippen LogP contribution in [0.15, 0.2) is 114 Å². The second-order valence-electron chi connectivity index (χ2n) is 11.0. The van der Waals surface area contributed by atoms with Crippen LogP contribution in [0.25, 0.3) is 0 Å². The molecule has 1 N–H and O–H groups in total. The number of benzene rings is 4. The molecule has 0 aliphatic rings. The molecule has 0 aliphatic heterocycles. The van der Waals surface area contributed by atoms with Crippen molar-refractivity contribution in [2.75, 3.05) is 18.0 Å². The highest BCUT2D eigenvalue weighted by Gasteiger charge is 2.35. The molecule has 0 fully saturated rings. The fourth-order valence-electron chi connectivity index (χ4n) is 4.95. The standard InChI is InChI=1S/C35H38N4O7S/c1-4-26(2)36-35(41)33(23-27-12-7-5-8-13-27)37(24-28-14-11-15-31(22-28)46-3)34(40)25-38(29-18-20-30(21-19-29)39(42)43)47(44,45)32-16-9-6-10-17-32/h5-22,26,33H,4,23-25H2,1-3H3,(H,36,41)/t26-,33-/m1/s1. The number of nitro benzene ring substituents is 1. The summed E-state index contributed by atoms with van der Waals surface area (Å²) in [5.41, 5.74) is 1.29. The lowest BCUT2D eigenvalue weighted by molar-refractivity contribution is -0.384. The van der Waals surface area contributed by atoms with Gasteiger partial charge in [0.25, 0.3) is 15.7 Å². The van der Waals surface area contributed by atoms with Crippen molar-refractivity contribution in [2.24, 2.45) is 0 Å². The molecule has 0 aliphatic carbocycles. The summed E-state index contributed by atoms with van der Waals surface area (Å²) in [6.45, 7) is 3.10. The third-order valence-corrected chi connectivity index (χ3v) is 9.51. The molecule has 2 atom stereocenters. The summed E-state index contributed by atoms with van der Waals surface area (Å²) in [5, 5.41) is 14.3. The van der Waals surface area contributed by atoms with Gasteiger partial charge in [-0.15, -0.1) is 0 Å². The van der Waals surface area contributed by atoms with Gasteiger partial charge in [0.15, 0.2) is 0 Å². The Bertz CT molecular complexity index is 1770. The van der Waals surface area contributed by atoms with Gasteiger partial charge in [0.05, 0.1) is 22.6 Å². The number of sulfonamides is 1. The Kier molecular flexibility index (Phi) is 11.7. The minimum absolute atomic E-state index is 0.0268. The molecule has 11 nitrogen and oxygen atoms in total. The van der Waals surface area contributed by atoms with E-state index in [9.17, 15) is 28.1 Å². The average Bonchev–Trinajstić information content (AvgIpc) is 3.09. The number of rotatable bonds is 15. The summed E-state index contributed by atoms with van der Waals surface area (Å²) in [5.74, 6) is -0.476. The third-order valence-electron chi connectivity index (χ3n) is 7.72. The fourth-order valence-corrected chi connectivity index (χ4v) is 6.39. The molecule has 12 heteroatoms. The summed E-state index contributed by atoms with van der Waals surface area (Å²) in [6, 6.07) is 27.7. The second kappa shape index (κ2) is 15.9. The number of nitro groups is 1. The maximum Gasteiger partial charge on any atom is 0.269 e. The predicted octanol–water partition coefficient (Wildman–Crippen LogP) is 5.35. The number of nitrogens with zero attached hydrogens (tertiary/aromatic N) is 3. The van der Waals surface area contributed by atoms with E-state index in [1.54, 1.807) is 42.5 Å². The Balaban J connectivity index is 1.82. The highest BCUT2D eigenvalue weighted by Crippen LogP contribution is 2.27. The van der Waals surface area contributed by atoms with Crippen LogP contribution in [0.1, 0.15) is 31.4 Å². The predicted molar refractivity (Wildman–Crippen MR) is 179 cm³/mol. The zero-order chi connectivity index (χ0) is 34.0. The minimum atomic E-state index is -4.33. The van der Waals surface area contributed by atoms with Crippen molar-refractivity contribution in [1.29, 1.82) is 0 Å². The number of carbonyl (C=O) groups excluding carboxylic acids is 2. The van der Waals surface area contributed by atoms with Crippen molar-refractivity contribution >= 4 is 33.2 Å². The fraction of sp³-hybridized carbons (Fsp3) is 0.257. The molecular formula is C35H38N4O7S. The molecule has 2 amide bonds. The van der Waals surface area contributed by atoms with Gasteiger partial charge in [-0.05, 0) is 60.9 Å². The number of nitrogens with one attached hydrogen (secondary N) is 1. The number of methoxy groups -OCH3 is 1. The minimum Gasteiger partial charge on any atom is -0.497 e. The number of carbonyl (C=O) groups is 2. The second-order valence-corrected chi connectivity index (χ2v) is 12.9. The molecule has 0 radical (unpaired) electrons. The number of ether oxygens (including phenoxy) is 1. The topological polar surface area (TPSA) is 139 Å². The Labute approximate surface area is 275 Å². The quantitative estimate of drug-likeness (QED) is 0.134. The molecule has 0 unspecified atom stereocenters. The molecule has 246 valence electrons. The van der Waals surface area contributed by atoms with Crippen LogP contribution in [0.2, 0.25) is 0 Å². The van der Waals surface area contributed by atoms with Gasteiger partial charge in [-0.1, -0.05) is 67.6 Å². The molecule has 4 rings (SSSR count). The van der Waals surface area contributed by atoms with Gasteiger partial charge in [0.2, 0.25) is 11.8 Å². The lowest BCUT2D eigenvalue weighted by Crippen LogP contribution is -2.54. The van der Waals surface area contributed by atoms with Gasteiger partial charge in [-0.3, -0.25) is 24.0 Å². The van der Waals surface area contributed by atoms with Crippen LogP contribution in [0.4, 0.5) is 11.4 Å². The zero-order valence-electron chi connectivity index (χ0n) is 26.5. The molecule has 4 aromatic rings. The summed E-state index contributed by atoms with van der Waals surface area (Å²) < 4.78 is 34.4. The van der Waals surface area contributed by atoms with Crippen LogP contribution >= 0.6 is 0 Å². The van der Waals surface area contributed by atoms with Crippen LogP contribution in [0.3, 0.4) is 0 Å². The van der Waals surface area contributed by atoms with Crippen LogP contribution in [0.5, 0.6) is 5.75 Å². The molecule has 4 aromatic carbocycles. The van der Waals surface area contributed by atoms with Crippen molar-refractivity contribution in [1.82, 2.24) is 10.2 Å². The van der Waals surface area contributed by atoms with Crippen LogP contribution in [-0.4, -0.2) is 55.8 Å². The van der Waals surface area contributed by atoms with Gasteiger partial charge in [0.1, 0.15) is 18.3 Å². The van der Waals surface area contributed by atoms with Crippen molar-refractivity contribution in [3.63, 3.8) is 0 Å². The Hall–Kier alpha value is -5.23. The molecule has 0 saturated heterocycles. The van der Waals surface area contributed by atoms with E-state index in [0.29, 0.717) is 17.7 Å². The van der Waals surface area contributed by atoms with E-state index in [2.05, 4.69) is 5.32 Å². The van der Waals surface area contributed by atoms with E-state index >= 15 is 0 Å². The molecular weight excluding hydrogens is 620 g/mol. The molecule has 0 heterocycles. The summed E-state index contributed by atoms with van der Waals surface area (Å²) in [6.07, 6.45) is 0.832. The number of non-ortho nitro benzene ring substituents is 1. The smallest absolute Gasteiger partial charge is 0.269 e. The Morgan fingerprint density at radius 2 is 1.51 bits per heavy atom. The molecule has 0 saturated carbocycles. The van der Waals surface area contributed by atoms with Crippen LogP contribution in [0, 0.1) is 10.1 Å². The number of amides is 2. The van der Waals surface area contributed by atoms with E-state index in [0.717, 1.165) is 9.87 Å². The van der Waals surface area contributed by atoms with Gasteiger partial charge >= 0.3 is 0 Å². The molecule has 0 bridgehead atoms. The van der Waals surface area contributed by atoms with Crippen molar-refractivity contribution in [3.8, 4) is 5.75 Å². The number of hydrogen-bond donors (Lipinski definition) is 1. The SMILES string of the molecule is CC[C@@H](C)NC(=O)[C@@H](Cc1ccccc1)N(Cc1cccc(OC)c1)C(=O)CN(c1ccc([N+](=O)[O-])cc1)S(=O)(=O)c1ccccc1. The summed E-state index contributed by atoms with van der Waals surface area (Å²) >= 11 is 0. The van der Waals surface area contributed by atoms with E-state index in [-0.39, 0.29) is 41.2 Å². The van der Waals surface area contributed by atoms with Crippen LogP contribution < -0.4 is 14.4 Å². The first-order valence-corrected chi connectivity index (χ1v) is 16.6. The number of hydrogen-bond acceptors (Lipinski definition) is 7. The van der Waals surface area contributed by atoms with Gasteiger partial charge in [0, 0.05) is 31.1 Å². The van der Waals surface area contributed by atoms with Gasteiger partial charge in [-0.25, -0.2) is 8.42 Å². The summed E-state index contributed by atoms with van der Waals surface area (Å²) in [7, 11) is -2.81. The van der Waals surface area contributed by atoms with Gasteiger partial charge < -0.3 is 15.0 Å². The first-order valence-electron chi connectivity index (χ1n) is 15.1. The van der Waals surface area contributed by atoms with E-state index in [1.807, 2.05) is 44.2 Å². The van der Waals surface area contributed by atoms with E-state index in [4.69, 9.17) is 4.74 Å². The van der Waals surface area contributed by atoms with Crippen molar-refractivity contribution in [2.45, 2.75) is 50.2 Å². The zero-order valence-corrected chi connectivity index (χ0v) is 27.3. The number of anilines is 1. The van der Waals surface area contributed by atoms with E-state index < -0.39 is 33.4 Å². The maximum absolute atomic E-state index is 14.5. The van der Waals surface area contributed by atoms with Crippen molar-refractivity contribution in [3.05, 3.63) is 130 Å². The monoisotopic (exact) mass is 658 g/mol. The normalized spacial score (nSPS) is 12.4. The first kappa shape index (κ1) is 34.6. The Morgan fingerprint density at radius 1 is 0.894 bits per heavy atom. The van der Waals surface area contributed by atoms with E-state index in [1.165, 1.54) is 48.4 Å². The first-order chi connectivity index (χ1) is 22.5.